The Morgan fingerprint density at radius 3 is 2.08 bits per heavy atom. The van der Waals surface area contributed by atoms with Crippen molar-refractivity contribution >= 4 is 27.3 Å². The summed E-state index contributed by atoms with van der Waals surface area (Å²) in [5.41, 5.74) is 7.01. The molecule has 3 nitrogen and oxygen atoms in total. The monoisotopic (exact) mass is 380 g/mol. The maximum absolute atomic E-state index is 5.24. The molecule has 3 aromatic rings. The summed E-state index contributed by atoms with van der Waals surface area (Å²) in [7, 11) is 1.66. The lowest BCUT2D eigenvalue weighted by molar-refractivity contribution is 0.415. The van der Waals surface area contributed by atoms with E-state index in [1.165, 1.54) is 0 Å². The predicted molar refractivity (Wildman–Crippen MR) is 103 cm³/mol. The van der Waals surface area contributed by atoms with E-state index in [1.807, 2.05) is 78.9 Å². The zero-order valence-electron chi connectivity index (χ0n) is 13.2. The lowest BCUT2D eigenvalue weighted by Crippen LogP contribution is -2.06. The summed E-state index contributed by atoms with van der Waals surface area (Å²) in [6.45, 7) is 0. The standard InChI is InChI=1S/C20H17BrN2O/c1-24-19-13-7-16(8-14-19)20(15-5-3-2-4-6-15)23-22-18-11-9-17(21)10-12-18/h2-14,22H,1H3. The molecule has 0 amide bonds. The van der Waals surface area contributed by atoms with Gasteiger partial charge in [0.1, 0.15) is 5.75 Å². The highest BCUT2D eigenvalue weighted by Crippen LogP contribution is 2.18. The second-order valence-electron chi connectivity index (χ2n) is 5.17. The molecule has 24 heavy (non-hydrogen) atoms. The van der Waals surface area contributed by atoms with E-state index in [1.54, 1.807) is 7.11 Å². The molecule has 3 rings (SSSR count). The minimum Gasteiger partial charge on any atom is -0.497 e. The van der Waals surface area contributed by atoms with E-state index in [-0.39, 0.29) is 0 Å². The largest absolute Gasteiger partial charge is 0.497 e. The van der Waals surface area contributed by atoms with Crippen molar-refractivity contribution in [3.05, 3.63) is 94.5 Å². The predicted octanol–water partition coefficient (Wildman–Crippen LogP) is 5.32. The molecule has 0 saturated carbocycles. The number of hydrazone groups is 1. The molecule has 4 heteroatoms. The van der Waals surface area contributed by atoms with E-state index in [0.29, 0.717) is 0 Å². The molecule has 0 spiro atoms. The Morgan fingerprint density at radius 1 is 0.833 bits per heavy atom. The average molecular weight is 381 g/mol. The molecular weight excluding hydrogens is 364 g/mol. The van der Waals surface area contributed by atoms with Gasteiger partial charge in [-0.1, -0.05) is 46.3 Å². The molecular formula is C20H17BrN2O. The highest BCUT2D eigenvalue weighted by atomic mass is 79.9. The SMILES string of the molecule is COc1ccc(C(=NNc2ccc(Br)cc2)c2ccccc2)cc1. The van der Waals surface area contributed by atoms with Crippen LogP contribution < -0.4 is 10.2 Å². The van der Waals surface area contributed by atoms with Gasteiger partial charge in [0.05, 0.1) is 18.5 Å². The van der Waals surface area contributed by atoms with Crippen LogP contribution in [0.25, 0.3) is 0 Å². The molecule has 3 aromatic carbocycles. The second kappa shape index (κ2) is 7.79. The molecule has 0 unspecified atom stereocenters. The van der Waals surface area contributed by atoms with Gasteiger partial charge in [0, 0.05) is 15.6 Å². The maximum atomic E-state index is 5.24. The van der Waals surface area contributed by atoms with Crippen molar-refractivity contribution in [3.63, 3.8) is 0 Å². The van der Waals surface area contributed by atoms with Crippen LogP contribution in [0, 0.1) is 0 Å². The normalized spacial score (nSPS) is 11.2. The minimum atomic E-state index is 0.826. The molecule has 0 aliphatic rings. The third kappa shape index (κ3) is 4.03. The molecule has 1 N–H and O–H groups in total. The van der Waals surface area contributed by atoms with Crippen molar-refractivity contribution in [2.45, 2.75) is 0 Å². The van der Waals surface area contributed by atoms with E-state index in [4.69, 9.17) is 4.74 Å². The van der Waals surface area contributed by atoms with Crippen LogP contribution >= 0.6 is 15.9 Å². The quantitative estimate of drug-likeness (QED) is 0.479. The van der Waals surface area contributed by atoms with Crippen LogP contribution in [0.3, 0.4) is 0 Å². The zero-order valence-corrected chi connectivity index (χ0v) is 14.8. The van der Waals surface area contributed by atoms with Gasteiger partial charge in [-0.05, 0) is 48.5 Å². The summed E-state index contributed by atoms with van der Waals surface area (Å²) in [5.74, 6) is 0.826. The fourth-order valence-corrected chi connectivity index (χ4v) is 2.55. The van der Waals surface area contributed by atoms with E-state index in [9.17, 15) is 0 Å². The smallest absolute Gasteiger partial charge is 0.118 e. The highest BCUT2D eigenvalue weighted by molar-refractivity contribution is 9.10. The van der Waals surface area contributed by atoms with E-state index >= 15 is 0 Å². The van der Waals surface area contributed by atoms with Gasteiger partial charge in [-0.3, -0.25) is 5.43 Å². The van der Waals surface area contributed by atoms with Crippen molar-refractivity contribution in [2.24, 2.45) is 5.10 Å². The van der Waals surface area contributed by atoms with Gasteiger partial charge >= 0.3 is 0 Å². The number of nitrogens with one attached hydrogen (secondary N) is 1. The Morgan fingerprint density at radius 2 is 1.46 bits per heavy atom. The summed E-state index contributed by atoms with van der Waals surface area (Å²) >= 11 is 3.44. The summed E-state index contributed by atoms with van der Waals surface area (Å²) < 4.78 is 6.27. The molecule has 0 saturated heterocycles. The van der Waals surface area contributed by atoms with Crippen molar-refractivity contribution in [1.82, 2.24) is 0 Å². The second-order valence-corrected chi connectivity index (χ2v) is 6.09. The fourth-order valence-electron chi connectivity index (χ4n) is 2.29. The van der Waals surface area contributed by atoms with Crippen molar-refractivity contribution in [1.29, 1.82) is 0 Å². The van der Waals surface area contributed by atoms with E-state index < -0.39 is 0 Å². The lowest BCUT2D eigenvalue weighted by atomic mass is 10.0. The number of rotatable bonds is 5. The first kappa shape index (κ1) is 16.3. The van der Waals surface area contributed by atoms with Gasteiger partial charge in [-0.2, -0.15) is 5.10 Å². The topological polar surface area (TPSA) is 33.6 Å². The van der Waals surface area contributed by atoms with Crippen LogP contribution in [0.5, 0.6) is 5.75 Å². The van der Waals surface area contributed by atoms with Crippen LogP contribution in [0.2, 0.25) is 0 Å². The van der Waals surface area contributed by atoms with Gasteiger partial charge in [0.15, 0.2) is 0 Å². The summed E-state index contributed by atoms with van der Waals surface area (Å²) in [5, 5.41) is 4.63. The summed E-state index contributed by atoms with van der Waals surface area (Å²) in [4.78, 5) is 0. The van der Waals surface area contributed by atoms with Gasteiger partial charge < -0.3 is 4.74 Å². The number of hydrogen-bond acceptors (Lipinski definition) is 3. The molecule has 0 aliphatic carbocycles. The van der Waals surface area contributed by atoms with Crippen LogP contribution in [0.4, 0.5) is 5.69 Å². The van der Waals surface area contributed by atoms with Gasteiger partial charge in [-0.25, -0.2) is 0 Å². The van der Waals surface area contributed by atoms with Crippen LogP contribution in [0.1, 0.15) is 11.1 Å². The Balaban J connectivity index is 1.95. The molecule has 0 aliphatic heterocycles. The number of halogens is 1. The number of ether oxygens (including phenoxy) is 1. The Hall–Kier alpha value is -2.59. The molecule has 120 valence electrons. The highest BCUT2D eigenvalue weighted by Gasteiger charge is 2.07. The molecule has 0 bridgehead atoms. The fraction of sp³-hybridized carbons (Fsp3) is 0.0500. The number of anilines is 1. The zero-order chi connectivity index (χ0) is 16.8. The third-order valence-electron chi connectivity index (χ3n) is 3.55. The van der Waals surface area contributed by atoms with Crippen molar-refractivity contribution in [2.75, 3.05) is 12.5 Å². The lowest BCUT2D eigenvalue weighted by Gasteiger charge is -2.09. The molecule has 0 atom stereocenters. The number of nitrogens with zero attached hydrogens (tertiary/aromatic N) is 1. The van der Waals surface area contributed by atoms with Gasteiger partial charge in [0.25, 0.3) is 0 Å². The average Bonchev–Trinajstić information content (AvgIpc) is 2.65. The van der Waals surface area contributed by atoms with Gasteiger partial charge in [-0.15, -0.1) is 0 Å². The number of hydrogen-bond donors (Lipinski definition) is 1. The summed E-state index contributed by atoms with van der Waals surface area (Å²) in [6, 6.07) is 25.9. The van der Waals surface area contributed by atoms with E-state index in [2.05, 4.69) is 26.5 Å². The van der Waals surface area contributed by atoms with Crippen LogP contribution in [-0.4, -0.2) is 12.8 Å². The van der Waals surface area contributed by atoms with Gasteiger partial charge in [0.2, 0.25) is 0 Å². The molecule has 0 heterocycles. The van der Waals surface area contributed by atoms with Crippen molar-refractivity contribution in [3.8, 4) is 5.75 Å². The Labute approximate surface area is 150 Å². The molecule has 0 fully saturated rings. The molecule has 0 aromatic heterocycles. The molecule has 0 radical (unpaired) electrons. The first-order valence-electron chi connectivity index (χ1n) is 7.55. The van der Waals surface area contributed by atoms with Crippen molar-refractivity contribution < 1.29 is 4.74 Å². The number of methoxy groups -OCH3 is 1. The first-order valence-corrected chi connectivity index (χ1v) is 8.34. The van der Waals surface area contributed by atoms with Crippen LogP contribution in [-0.2, 0) is 0 Å². The summed E-state index contributed by atoms with van der Waals surface area (Å²) in [6.07, 6.45) is 0. The maximum Gasteiger partial charge on any atom is 0.118 e. The minimum absolute atomic E-state index is 0.826. The Bertz CT molecular complexity index is 813. The number of benzene rings is 3. The van der Waals surface area contributed by atoms with E-state index in [0.717, 1.165) is 32.7 Å². The van der Waals surface area contributed by atoms with Crippen LogP contribution in [0.15, 0.2) is 88.4 Å². The first-order chi connectivity index (χ1) is 11.8. The Kier molecular flexibility index (Phi) is 5.29. The third-order valence-corrected chi connectivity index (χ3v) is 4.08.